The molecule has 0 aliphatic heterocycles. The van der Waals surface area contributed by atoms with Crippen LogP contribution in [-0.4, -0.2) is 35.4 Å². The molecule has 3 aromatic carbocycles. The lowest BCUT2D eigenvalue weighted by atomic mass is 9.86. The second-order valence-electron chi connectivity index (χ2n) is 10.8. The van der Waals surface area contributed by atoms with E-state index in [1.807, 2.05) is 68.4 Å². The zero-order valence-electron chi connectivity index (χ0n) is 23.3. The van der Waals surface area contributed by atoms with Gasteiger partial charge in [0.1, 0.15) is 11.8 Å². The number of hydrogen-bond acceptors (Lipinski definition) is 3. The average molecular weight is 570 g/mol. The van der Waals surface area contributed by atoms with E-state index in [2.05, 4.69) is 26.1 Å². The predicted molar refractivity (Wildman–Crippen MR) is 159 cm³/mol. The molecule has 0 spiro atoms. The third kappa shape index (κ3) is 8.74. The molecule has 7 heteroatoms. The van der Waals surface area contributed by atoms with Gasteiger partial charge in [0.15, 0.2) is 6.61 Å². The van der Waals surface area contributed by atoms with Crippen molar-refractivity contribution >= 4 is 35.0 Å². The van der Waals surface area contributed by atoms with Crippen LogP contribution in [0.15, 0.2) is 72.8 Å². The molecule has 5 nitrogen and oxygen atoms in total. The lowest BCUT2D eigenvalue weighted by Gasteiger charge is -2.32. The van der Waals surface area contributed by atoms with Crippen LogP contribution in [0.3, 0.4) is 0 Å². The number of nitrogens with one attached hydrogen (secondary N) is 1. The molecule has 39 heavy (non-hydrogen) atoms. The quantitative estimate of drug-likeness (QED) is 0.265. The minimum Gasteiger partial charge on any atom is -0.483 e. The zero-order chi connectivity index (χ0) is 28.6. The van der Waals surface area contributed by atoms with Crippen molar-refractivity contribution in [3.8, 4) is 5.75 Å². The summed E-state index contributed by atoms with van der Waals surface area (Å²) >= 11 is 12.6. The van der Waals surface area contributed by atoms with Crippen LogP contribution < -0.4 is 10.1 Å². The molecule has 0 saturated heterocycles. The number of halogens is 2. The summed E-state index contributed by atoms with van der Waals surface area (Å²) in [5.41, 5.74) is 2.47. The number of rotatable bonds is 11. The molecule has 2 amide bonds. The molecule has 2 atom stereocenters. The first kappa shape index (κ1) is 30.5. The fourth-order valence-corrected chi connectivity index (χ4v) is 4.73. The van der Waals surface area contributed by atoms with Gasteiger partial charge in [-0.05, 0) is 53.6 Å². The Kier molecular flexibility index (Phi) is 10.8. The normalized spacial score (nSPS) is 12.9. The summed E-state index contributed by atoms with van der Waals surface area (Å²) in [6.45, 7) is 10.2. The molecule has 0 fully saturated rings. The van der Waals surface area contributed by atoms with E-state index < -0.39 is 6.04 Å². The first-order valence-corrected chi connectivity index (χ1v) is 14.0. The second-order valence-corrected chi connectivity index (χ2v) is 11.7. The van der Waals surface area contributed by atoms with E-state index in [9.17, 15) is 9.59 Å². The Bertz CT molecular complexity index is 1260. The fraction of sp³-hybridized carbons (Fsp3) is 0.375. The lowest BCUT2D eigenvalue weighted by Crippen LogP contribution is -2.53. The SMILES string of the molecule is CCC(C)NC(=O)C(Cc1ccccc1)N(Cc1ccc(Cl)cc1Cl)C(=O)COc1ccccc1C(C)(C)C. The van der Waals surface area contributed by atoms with Crippen LogP contribution >= 0.6 is 23.2 Å². The fourth-order valence-electron chi connectivity index (χ4n) is 4.26. The maximum atomic E-state index is 13.9. The summed E-state index contributed by atoms with van der Waals surface area (Å²) in [6, 6.07) is 21.7. The van der Waals surface area contributed by atoms with Gasteiger partial charge in [0.25, 0.3) is 5.91 Å². The highest BCUT2D eigenvalue weighted by molar-refractivity contribution is 6.35. The highest BCUT2D eigenvalue weighted by atomic mass is 35.5. The van der Waals surface area contributed by atoms with Gasteiger partial charge < -0.3 is 15.0 Å². The van der Waals surface area contributed by atoms with Crippen LogP contribution in [0.2, 0.25) is 10.0 Å². The van der Waals surface area contributed by atoms with Gasteiger partial charge in [-0.1, -0.05) is 105 Å². The third-order valence-corrected chi connectivity index (χ3v) is 7.26. The number of carbonyl (C=O) groups is 2. The smallest absolute Gasteiger partial charge is 0.261 e. The molecule has 0 aliphatic rings. The van der Waals surface area contributed by atoms with Gasteiger partial charge in [0.05, 0.1) is 0 Å². The van der Waals surface area contributed by atoms with Gasteiger partial charge in [0, 0.05) is 29.1 Å². The number of carbonyl (C=O) groups excluding carboxylic acids is 2. The predicted octanol–water partition coefficient (Wildman–Crippen LogP) is 7.22. The molecule has 2 unspecified atom stereocenters. The van der Waals surface area contributed by atoms with Crippen molar-refractivity contribution in [2.75, 3.05) is 6.61 Å². The van der Waals surface area contributed by atoms with Crippen LogP contribution in [-0.2, 0) is 28.0 Å². The summed E-state index contributed by atoms with van der Waals surface area (Å²) in [6.07, 6.45) is 1.12. The molecule has 0 aliphatic carbocycles. The van der Waals surface area contributed by atoms with Crippen LogP contribution in [0.1, 0.15) is 57.7 Å². The Hall–Kier alpha value is -3.02. The van der Waals surface area contributed by atoms with E-state index in [1.165, 1.54) is 0 Å². The van der Waals surface area contributed by atoms with Crippen molar-refractivity contribution < 1.29 is 14.3 Å². The van der Waals surface area contributed by atoms with Crippen molar-refractivity contribution in [2.45, 2.75) is 71.5 Å². The van der Waals surface area contributed by atoms with E-state index in [0.717, 1.165) is 17.5 Å². The van der Waals surface area contributed by atoms with Gasteiger partial charge in [-0.2, -0.15) is 0 Å². The molecular formula is C32H38Cl2N2O3. The number of benzene rings is 3. The number of ether oxygens (including phenoxy) is 1. The maximum Gasteiger partial charge on any atom is 0.261 e. The standard InChI is InChI=1S/C32H38Cl2N2O3/c1-6-22(2)35-31(38)28(18-23-12-8-7-9-13-23)36(20-24-16-17-25(33)19-27(24)34)30(37)21-39-29-15-11-10-14-26(29)32(3,4)5/h7-17,19,22,28H,6,18,20-21H2,1-5H3,(H,35,38). The minimum absolute atomic E-state index is 0.0400. The molecule has 3 aromatic rings. The van der Waals surface area contributed by atoms with E-state index >= 15 is 0 Å². The molecule has 0 aromatic heterocycles. The number of amides is 2. The Morgan fingerprint density at radius 1 is 0.974 bits per heavy atom. The van der Waals surface area contributed by atoms with Crippen LogP contribution in [0, 0.1) is 0 Å². The van der Waals surface area contributed by atoms with E-state index in [-0.39, 0.29) is 36.4 Å². The van der Waals surface area contributed by atoms with Crippen LogP contribution in [0.5, 0.6) is 5.75 Å². The maximum absolute atomic E-state index is 13.9. The largest absolute Gasteiger partial charge is 0.483 e. The first-order valence-electron chi connectivity index (χ1n) is 13.3. The van der Waals surface area contributed by atoms with Gasteiger partial charge in [-0.3, -0.25) is 9.59 Å². The minimum atomic E-state index is -0.776. The summed E-state index contributed by atoms with van der Waals surface area (Å²) < 4.78 is 6.10. The Balaban J connectivity index is 1.98. The third-order valence-electron chi connectivity index (χ3n) is 6.67. The van der Waals surface area contributed by atoms with Gasteiger partial charge in [-0.15, -0.1) is 0 Å². The first-order chi connectivity index (χ1) is 18.5. The Morgan fingerprint density at radius 2 is 1.64 bits per heavy atom. The summed E-state index contributed by atoms with van der Waals surface area (Å²) in [4.78, 5) is 29.1. The molecule has 208 valence electrons. The topological polar surface area (TPSA) is 58.6 Å². The van der Waals surface area contributed by atoms with Gasteiger partial charge in [0.2, 0.25) is 5.91 Å². The number of hydrogen-bond donors (Lipinski definition) is 1. The molecule has 0 bridgehead atoms. The van der Waals surface area contributed by atoms with Crippen molar-refractivity contribution in [1.82, 2.24) is 10.2 Å². The van der Waals surface area contributed by atoms with Crippen LogP contribution in [0.4, 0.5) is 0 Å². The van der Waals surface area contributed by atoms with Crippen molar-refractivity contribution in [2.24, 2.45) is 0 Å². The monoisotopic (exact) mass is 568 g/mol. The van der Waals surface area contributed by atoms with E-state index in [4.69, 9.17) is 27.9 Å². The lowest BCUT2D eigenvalue weighted by molar-refractivity contribution is -0.143. The van der Waals surface area contributed by atoms with Gasteiger partial charge in [-0.25, -0.2) is 0 Å². The van der Waals surface area contributed by atoms with Crippen molar-refractivity contribution in [3.63, 3.8) is 0 Å². The van der Waals surface area contributed by atoms with Gasteiger partial charge >= 0.3 is 0 Å². The number of para-hydroxylation sites is 1. The summed E-state index contributed by atoms with van der Waals surface area (Å²) in [5.74, 6) is 0.109. The zero-order valence-corrected chi connectivity index (χ0v) is 24.9. The summed E-state index contributed by atoms with van der Waals surface area (Å²) in [7, 11) is 0. The Morgan fingerprint density at radius 3 is 2.28 bits per heavy atom. The highest BCUT2D eigenvalue weighted by Gasteiger charge is 2.32. The Labute approximate surface area is 242 Å². The van der Waals surface area contributed by atoms with Crippen LogP contribution in [0.25, 0.3) is 0 Å². The molecule has 0 radical (unpaired) electrons. The highest BCUT2D eigenvalue weighted by Crippen LogP contribution is 2.31. The average Bonchev–Trinajstić information content (AvgIpc) is 2.90. The molecule has 3 rings (SSSR count). The molecule has 0 heterocycles. The second kappa shape index (κ2) is 13.9. The summed E-state index contributed by atoms with van der Waals surface area (Å²) in [5, 5.41) is 4.00. The van der Waals surface area contributed by atoms with E-state index in [0.29, 0.717) is 27.8 Å². The molecular weight excluding hydrogens is 531 g/mol. The number of nitrogens with zero attached hydrogens (tertiary/aromatic N) is 1. The van der Waals surface area contributed by atoms with Crippen molar-refractivity contribution in [3.05, 3.63) is 99.5 Å². The van der Waals surface area contributed by atoms with Crippen molar-refractivity contribution in [1.29, 1.82) is 0 Å². The van der Waals surface area contributed by atoms with E-state index in [1.54, 1.807) is 23.1 Å². The molecule has 1 N–H and O–H groups in total. The molecule has 0 saturated carbocycles.